The van der Waals surface area contributed by atoms with Crippen molar-refractivity contribution in [1.29, 1.82) is 0 Å². The maximum absolute atomic E-state index is 3.68. The molecule has 0 fully saturated rings. The van der Waals surface area contributed by atoms with Crippen molar-refractivity contribution >= 4 is 63.7 Å². The third kappa shape index (κ3) is 7.14. The van der Waals surface area contributed by atoms with E-state index in [1.165, 1.54) is 5.56 Å². The van der Waals surface area contributed by atoms with Crippen LogP contribution in [0.1, 0.15) is 18.4 Å². The number of alkyl halides is 4. The Morgan fingerprint density at radius 3 is 2.20 bits per heavy atom. The minimum absolute atomic E-state index is 0.141. The summed E-state index contributed by atoms with van der Waals surface area (Å²) in [5.41, 5.74) is 1.39. The molecule has 0 aliphatic rings. The van der Waals surface area contributed by atoms with Crippen molar-refractivity contribution < 1.29 is 0 Å². The highest BCUT2D eigenvalue weighted by atomic mass is 80.0. The average Bonchev–Trinajstić information content (AvgIpc) is 2.14. The Labute approximate surface area is 125 Å². The number of aryl methyl sites for hydroxylation is 1. The third-order valence-corrected chi connectivity index (χ3v) is 3.79. The van der Waals surface area contributed by atoms with E-state index in [1.54, 1.807) is 0 Å². The molecule has 0 aliphatic heterocycles. The van der Waals surface area contributed by atoms with Gasteiger partial charge in [0.2, 0.25) is 0 Å². The molecule has 4 heteroatoms. The van der Waals surface area contributed by atoms with E-state index < -0.39 is 0 Å². The molecule has 84 valence electrons. The molecule has 0 amide bonds. The molecule has 0 aromatic heterocycles. The van der Waals surface area contributed by atoms with E-state index in [2.05, 4.69) is 94.1 Å². The molecule has 0 nitrogen and oxygen atoms in total. The van der Waals surface area contributed by atoms with E-state index >= 15 is 0 Å². The van der Waals surface area contributed by atoms with E-state index in [1.807, 2.05) is 0 Å². The van der Waals surface area contributed by atoms with Gasteiger partial charge in [0.1, 0.15) is 2.14 Å². The Hall–Kier alpha value is 1.14. The van der Waals surface area contributed by atoms with E-state index in [4.69, 9.17) is 0 Å². The lowest BCUT2D eigenvalue weighted by Gasteiger charge is -2.16. The van der Waals surface area contributed by atoms with Gasteiger partial charge in [-0.05, 0) is 24.8 Å². The molecule has 0 bridgehead atoms. The van der Waals surface area contributed by atoms with Gasteiger partial charge in [-0.2, -0.15) is 0 Å². The van der Waals surface area contributed by atoms with Gasteiger partial charge in [0.25, 0.3) is 0 Å². The maximum Gasteiger partial charge on any atom is 0.136 e. The highest BCUT2D eigenvalue weighted by molar-refractivity contribution is 9.39. The Balaban J connectivity index is 2.32. The Bertz CT molecular complexity index is 278. The van der Waals surface area contributed by atoms with Gasteiger partial charge in [-0.25, -0.2) is 0 Å². The largest absolute Gasteiger partial charge is 0.136 e. The van der Waals surface area contributed by atoms with Crippen molar-refractivity contribution in [3.05, 3.63) is 35.9 Å². The molecule has 15 heavy (non-hydrogen) atoms. The molecule has 0 aliphatic carbocycles. The molecule has 0 heterocycles. The second-order valence-electron chi connectivity index (χ2n) is 3.44. The molecular weight excluding hydrogens is 452 g/mol. The smallest absolute Gasteiger partial charge is 0.0889 e. The van der Waals surface area contributed by atoms with Gasteiger partial charge < -0.3 is 0 Å². The lowest BCUT2D eigenvalue weighted by atomic mass is 10.1. The summed E-state index contributed by atoms with van der Waals surface area (Å²) in [5, 5.41) is 0. The van der Waals surface area contributed by atoms with Gasteiger partial charge >= 0.3 is 0 Å². The second kappa shape index (κ2) is 6.77. The molecule has 0 saturated carbocycles. The lowest BCUT2D eigenvalue weighted by Crippen LogP contribution is -2.10. The van der Waals surface area contributed by atoms with Crippen LogP contribution >= 0.6 is 63.7 Å². The first-order valence-electron chi connectivity index (χ1n) is 4.72. The predicted octanol–water partition coefficient (Wildman–Crippen LogP) is 5.61. The average molecular weight is 464 g/mol. The van der Waals surface area contributed by atoms with Gasteiger partial charge in [-0.3, -0.25) is 0 Å². The number of benzene rings is 1. The zero-order valence-electron chi connectivity index (χ0n) is 8.10. The fourth-order valence-electron chi connectivity index (χ4n) is 1.32. The van der Waals surface area contributed by atoms with E-state index in [0.29, 0.717) is 4.83 Å². The Morgan fingerprint density at radius 2 is 1.67 bits per heavy atom. The van der Waals surface area contributed by atoms with Crippen LogP contribution in [0.15, 0.2) is 30.3 Å². The van der Waals surface area contributed by atoms with Crippen molar-refractivity contribution in [1.82, 2.24) is 0 Å². The molecule has 1 aromatic carbocycles. The van der Waals surface area contributed by atoms with Gasteiger partial charge in [-0.1, -0.05) is 94.1 Å². The summed E-state index contributed by atoms with van der Waals surface area (Å²) >= 11 is 14.2. The first kappa shape index (κ1) is 14.2. The fraction of sp³-hybridized carbons (Fsp3) is 0.455. The first-order valence-corrected chi connectivity index (χ1v) is 8.01. The molecule has 0 radical (unpaired) electrons. The fourth-order valence-corrected chi connectivity index (χ4v) is 4.51. The molecule has 0 spiro atoms. The lowest BCUT2D eigenvalue weighted by molar-refractivity contribution is 0.737. The normalized spacial score (nSPS) is 13.9. The quantitative estimate of drug-likeness (QED) is 0.509. The number of rotatable bonds is 4. The van der Waals surface area contributed by atoms with Crippen molar-refractivity contribution in [2.45, 2.75) is 26.2 Å². The van der Waals surface area contributed by atoms with E-state index in [-0.39, 0.29) is 2.14 Å². The van der Waals surface area contributed by atoms with Crippen molar-refractivity contribution in [2.24, 2.45) is 0 Å². The molecule has 1 atom stereocenters. The van der Waals surface area contributed by atoms with Gasteiger partial charge in [0.05, 0.1) is 0 Å². The molecule has 1 rings (SSSR count). The summed E-state index contributed by atoms with van der Waals surface area (Å²) in [6.45, 7) is 0. The molecule has 0 unspecified atom stereocenters. The van der Waals surface area contributed by atoms with Crippen molar-refractivity contribution in [3.8, 4) is 0 Å². The summed E-state index contributed by atoms with van der Waals surface area (Å²) < 4.78 is -0.141. The molecule has 0 N–H and O–H groups in total. The number of hydrogen-bond donors (Lipinski definition) is 0. The Morgan fingerprint density at radius 1 is 1.07 bits per heavy atom. The Kier molecular flexibility index (Phi) is 6.41. The zero-order chi connectivity index (χ0) is 11.3. The minimum atomic E-state index is -0.141. The first-order chi connectivity index (χ1) is 6.97. The van der Waals surface area contributed by atoms with Crippen LogP contribution < -0.4 is 0 Å². The summed E-state index contributed by atoms with van der Waals surface area (Å²) in [5.74, 6) is 0. The highest BCUT2D eigenvalue weighted by Crippen LogP contribution is 2.40. The van der Waals surface area contributed by atoms with Crippen LogP contribution in [0.5, 0.6) is 0 Å². The van der Waals surface area contributed by atoms with Gasteiger partial charge in [-0.15, -0.1) is 0 Å². The van der Waals surface area contributed by atoms with Crippen molar-refractivity contribution in [2.75, 3.05) is 0 Å². The summed E-state index contributed by atoms with van der Waals surface area (Å²) in [6.07, 6.45) is 3.23. The van der Waals surface area contributed by atoms with Crippen molar-refractivity contribution in [3.63, 3.8) is 0 Å². The molecule has 1 aromatic rings. The van der Waals surface area contributed by atoms with Crippen LogP contribution in [-0.4, -0.2) is 6.97 Å². The van der Waals surface area contributed by atoms with Crippen LogP contribution in [0.2, 0.25) is 0 Å². The topological polar surface area (TPSA) is 0 Å². The summed E-state index contributed by atoms with van der Waals surface area (Å²) in [7, 11) is 0. The van der Waals surface area contributed by atoms with Gasteiger partial charge in [0.15, 0.2) is 0 Å². The SMILES string of the molecule is Br[C@H](CCc1ccccc1)CC(Br)(Br)Br. The maximum atomic E-state index is 3.68. The standard InChI is InChI=1S/C11H12Br4/c12-10(8-11(13,14)15)7-6-9-4-2-1-3-5-9/h1-5,10H,6-8H2/t10-/m1/s1. The number of hydrogen-bond acceptors (Lipinski definition) is 0. The second-order valence-corrected chi connectivity index (χ2v) is 12.0. The van der Waals surface area contributed by atoms with Crippen LogP contribution in [0.3, 0.4) is 0 Å². The van der Waals surface area contributed by atoms with Crippen LogP contribution in [0.4, 0.5) is 0 Å². The van der Waals surface area contributed by atoms with Crippen LogP contribution in [0, 0.1) is 0 Å². The monoisotopic (exact) mass is 460 g/mol. The summed E-state index contributed by atoms with van der Waals surface area (Å²) in [6, 6.07) is 10.6. The van der Waals surface area contributed by atoms with Crippen LogP contribution in [-0.2, 0) is 6.42 Å². The third-order valence-electron chi connectivity index (χ3n) is 2.04. The highest BCUT2D eigenvalue weighted by Gasteiger charge is 2.21. The van der Waals surface area contributed by atoms with Crippen LogP contribution in [0.25, 0.3) is 0 Å². The minimum Gasteiger partial charge on any atom is -0.0889 e. The van der Waals surface area contributed by atoms with E-state index in [9.17, 15) is 0 Å². The number of halogens is 4. The molecular formula is C11H12Br4. The van der Waals surface area contributed by atoms with E-state index in [0.717, 1.165) is 19.3 Å². The predicted molar refractivity (Wildman–Crippen MR) is 81.6 cm³/mol. The zero-order valence-corrected chi connectivity index (χ0v) is 14.4. The molecule has 0 saturated heterocycles. The van der Waals surface area contributed by atoms with Gasteiger partial charge in [0, 0.05) is 4.83 Å². The summed E-state index contributed by atoms with van der Waals surface area (Å²) in [4.78, 5) is 0.496.